The molecule has 5 heteroatoms. The number of aliphatic hydroxyl groups is 1. The molecule has 1 aromatic carbocycles. The molecule has 2 N–H and O–H groups in total. The second-order valence-corrected chi connectivity index (χ2v) is 7.22. The van der Waals surface area contributed by atoms with Gasteiger partial charge in [-0.05, 0) is 48.9 Å². The summed E-state index contributed by atoms with van der Waals surface area (Å²) in [6.07, 6.45) is 3.25. The molecule has 132 valence electrons. The topological polar surface area (TPSA) is 65.8 Å². The Bertz CT molecular complexity index is 678. The summed E-state index contributed by atoms with van der Waals surface area (Å²) in [6, 6.07) is 13.3. The van der Waals surface area contributed by atoms with Gasteiger partial charge in [-0.3, -0.25) is 9.88 Å². The van der Waals surface area contributed by atoms with E-state index < -0.39 is 6.10 Å². The van der Waals surface area contributed by atoms with Crippen LogP contribution in [0, 0.1) is 11.8 Å². The molecule has 2 fully saturated rings. The average molecular weight is 340 g/mol. The number of rotatable bonds is 5. The SMILES string of the molecule is Oc1ccc(C(O)CN2C[C@H]3C[C@H](Oc4ccccc4)C[C@H]3C2)nc1. The fourth-order valence-electron chi connectivity index (χ4n) is 4.21. The van der Waals surface area contributed by atoms with Crippen LogP contribution in [0.4, 0.5) is 0 Å². The van der Waals surface area contributed by atoms with Crippen molar-refractivity contribution in [1.82, 2.24) is 9.88 Å². The van der Waals surface area contributed by atoms with Gasteiger partial charge in [-0.25, -0.2) is 0 Å². The van der Waals surface area contributed by atoms with Gasteiger partial charge < -0.3 is 14.9 Å². The second-order valence-electron chi connectivity index (χ2n) is 7.22. The predicted molar refractivity (Wildman–Crippen MR) is 94.4 cm³/mol. The number of benzene rings is 1. The molecule has 2 heterocycles. The number of aromatic nitrogens is 1. The van der Waals surface area contributed by atoms with E-state index in [9.17, 15) is 10.2 Å². The van der Waals surface area contributed by atoms with Crippen LogP contribution in [0.5, 0.6) is 11.5 Å². The number of ether oxygens (including phenoxy) is 1. The molecule has 0 bridgehead atoms. The first-order valence-electron chi connectivity index (χ1n) is 8.94. The molecule has 0 amide bonds. The Morgan fingerprint density at radius 3 is 2.44 bits per heavy atom. The van der Waals surface area contributed by atoms with Crippen molar-refractivity contribution in [2.75, 3.05) is 19.6 Å². The number of pyridine rings is 1. The van der Waals surface area contributed by atoms with Gasteiger partial charge in [0.05, 0.1) is 18.0 Å². The number of hydrogen-bond acceptors (Lipinski definition) is 5. The third kappa shape index (κ3) is 3.78. The van der Waals surface area contributed by atoms with Crippen LogP contribution in [0.2, 0.25) is 0 Å². The molecule has 25 heavy (non-hydrogen) atoms. The smallest absolute Gasteiger partial charge is 0.133 e. The van der Waals surface area contributed by atoms with Crippen molar-refractivity contribution in [3.8, 4) is 11.5 Å². The number of para-hydroxylation sites is 1. The number of nitrogens with zero attached hydrogens (tertiary/aromatic N) is 2. The van der Waals surface area contributed by atoms with E-state index in [1.165, 1.54) is 6.20 Å². The van der Waals surface area contributed by atoms with Crippen LogP contribution >= 0.6 is 0 Å². The summed E-state index contributed by atoms with van der Waals surface area (Å²) in [6.45, 7) is 2.61. The summed E-state index contributed by atoms with van der Waals surface area (Å²) in [5.74, 6) is 2.37. The number of hydrogen-bond donors (Lipinski definition) is 2. The van der Waals surface area contributed by atoms with Crippen LogP contribution in [-0.2, 0) is 0 Å². The van der Waals surface area contributed by atoms with Crippen LogP contribution in [0.3, 0.4) is 0 Å². The molecule has 2 aliphatic rings. The maximum absolute atomic E-state index is 10.4. The van der Waals surface area contributed by atoms with E-state index in [4.69, 9.17) is 4.74 Å². The first-order valence-corrected chi connectivity index (χ1v) is 8.94. The number of likely N-dealkylation sites (tertiary alicyclic amines) is 1. The molecule has 1 aliphatic heterocycles. The lowest BCUT2D eigenvalue weighted by atomic mass is 10.0. The Kier molecular flexibility index (Phi) is 4.59. The Balaban J connectivity index is 1.28. The second kappa shape index (κ2) is 7.02. The van der Waals surface area contributed by atoms with Crippen molar-refractivity contribution >= 4 is 0 Å². The molecular formula is C20H24N2O3. The van der Waals surface area contributed by atoms with Gasteiger partial charge in [-0.2, -0.15) is 0 Å². The van der Waals surface area contributed by atoms with Crippen molar-refractivity contribution in [2.45, 2.75) is 25.0 Å². The van der Waals surface area contributed by atoms with Crippen molar-refractivity contribution < 1.29 is 14.9 Å². The summed E-state index contributed by atoms with van der Waals surface area (Å²) in [4.78, 5) is 6.43. The lowest BCUT2D eigenvalue weighted by Gasteiger charge is -2.22. The molecule has 0 spiro atoms. The van der Waals surface area contributed by atoms with E-state index in [1.54, 1.807) is 12.1 Å². The van der Waals surface area contributed by atoms with E-state index in [1.807, 2.05) is 30.3 Å². The summed E-state index contributed by atoms with van der Waals surface area (Å²) in [5.41, 5.74) is 0.611. The van der Waals surface area contributed by atoms with Crippen LogP contribution < -0.4 is 4.74 Å². The molecule has 1 saturated carbocycles. The minimum atomic E-state index is -0.615. The molecule has 2 aromatic rings. The molecule has 1 saturated heterocycles. The number of aromatic hydroxyl groups is 1. The Hall–Kier alpha value is -2.11. The Morgan fingerprint density at radius 2 is 1.80 bits per heavy atom. The highest BCUT2D eigenvalue weighted by Crippen LogP contribution is 2.40. The summed E-state index contributed by atoms with van der Waals surface area (Å²) >= 11 is 0. The average Bonchev–Trinajstić information content (AvgIpc) is 3.14. The Morgan fingerprint density at radius 1 is 1.08 bits per heavy atom. The molecule has 4 rings (SSSR count). The van der Waals surface area contributed by atoms with Gasteiger partial charge in [-0.15, -0.1) is 0 Å². The van der Waals surface area contributed by atoms with Crippen LogP contribution in [0.15, 0.2) is 48.7 Å². The summed E-state index contributed by atoms with van der Waals surface area (Å²) in [7, 11) is 0. The third-order valence-corrected chi connectivity index (χ3v) is 5.37. The zero-order valence-corrected chi connectivity index (χ0v) is 14.2. The van der Waals surface area contributed by atoms with E-state index >= 15 is 0 Å². The maximum atomic E-state index is 10.4. The highest BCUT2D eigenvalue weighted by atomic mass is 16.5. The molecule has 1 aromatic heterocycles. The molecule has 0 radical (unpaired) electrons. The predicted octanol–water partition coefficient (Wildman–Crippen LogP) is 2.61. The number of aliphatic hydroxyl groups excluding tert-OH is 1. The Labute approximate surface area is 147 Å². The largest absolute Gasteiger partial charge is 0.506 e. The molecular weight excluding hydrogens is 316 g/mol. The summed E-state index contributed by atoms with van der Waals surface area (Å²) < 4.78 is 6.11. The van der Waals surface area contributed by atoms with Crippen molar-refractivity contribution in [1.29, 1.82) is 0 Å². The lowest BCUT2D eigenvalue weighted by Crippen LogP contribution is -2.29. The monoisotopic (exact) mass is 340 g/mol. The molecule has 1 aliphatic carbocycles. The maximum Gasteiger partial charge on any atom is 0.133 e. The highest BCUT2D eigenvalue weighted by Gasteiger charge is 2.42. The van der Waals surface area contributed by atoms with E-state index in [0.29, 0.717) is 30.2 Å². The minimum absolute atomic E-state index is 0.121. The fourth-order valence-corrected chi connectivity index (χ4v) is 4.21. The van der Waals surface area contributed by atoms with Crippen molar-refractivity contribution in [3.63, 3.8) is 0 Å². The first-order chi connectivity index (χ1) is 12.2. The van der Waals surface area contributed by atoms with Gasteiger partial charge in [-0.1, -0.05) is 18.2 Å². The van der Waals surface area contributed by atoms with Crippen molar-refractivity contribution in [2.24, 2.45) is 11.8 Å². The lowest BCUT2D eigenvalue weighted by molar-refractivity contribution is 0.113. The molecule has 1 unspecified atom stereocenters. The molecule has 4 atom stereocenters. The van der Waals surface area contributed by atoms with Crippen LogP contribution in [-0.4, -0.2) is 45.8 Å². The van der Waals surface area contributed by atoms with E-state index in [-0.39, 0.29) is 5.75 Å². The zero-order chi connectivity index (χ0) is 17.2. The van der Waals surface area contributed by atoms with Gasteiger partial charge in [0.2, 0.25) is 0 Å². The minimum Gasteiger partial charge on any atom is -0.506 e. The van der Waals surface area contributed by atoms with Gasteiger partial charge in [0.25, 0.3) is 0 Å². The van der Waals surface area contributed by atoms with Crippen LogP contribution in [0.25, 0.3) is 0 Å². The van der Waals surface area contributed by atoms with Gasteiger partial charge in [0.1, 0.15) is 17.6 Å². The first kappa shape index (κ1) is 16.4. The standard InChI is InChI=1S/C20H24N2O3/c23-16-6-7-19(21-10-16)20(24)13-22-11-14-8-18(9-15(14)12-22)25-17-4-2-1-3-5-17/h1-7,10,14-15,18,20,23-24H,8-9,11-13H2/t14-,15+,18+,20?. The number of fused-ring (bicyclic) bond motifs is 1. The fraction of sp³-hybridized carbons (Fsp3) is 0.450. The zero-order valence-electron chi connectivity index (χ0n) is 14.2. The summed E-state index contributed by atoms with van der Waals surface area (Å²) in [5, 5.41) is 19.7. The van der Waals surface area contributed by atoms with Gasteiger partial charge >= 0.3 is 0 Å². The van der Waals surface area contributed by atoms with Crippen molar-refractivity contribution in [3.05, 3.63) is 54.4 Å². The highest BCUT2D eigenvalue weighted by molar-refractivity contribution is 5.22. The molecule has 5 nitrogen and oxygen atoms in total. The van der Waals surface area contributed by atoms with E-state index in [0.717, 1.165) is 31.7 Å². The normalized spacial score (nSPS) is 27.2. The van der Waals surface area contributed by atoms with Gasteiger partial charge in [0.15, 0.2) is 0 Å². The van der Waals surface area contributed by atoms with E-state index in [2.05, 4.69) is 9.88 Å². The quantitative estimate of drug-likeness (QED) is 0.876. The number of β-amino-alcohol motifs (C(OH)–C–C–N with tert-alkyl or cyclic N) is 1. The van der Waals surface area contributed by atoms with Crippen LogP contribution in [0.1, 0.15) is 24.6 Å². The van der Waals surface area contributed by atoms with Gasteiger partial charge in [0, 0.05) is 19.6 Å². The third-order valence-electron chi connectivity index (χ3n) is 5.37.